The fourth-order valence-corrected chi connectivity index (χ4v) is 8.34. The molecule has 7 heteroatoms. The minimum absolute atomic E-state index is 0.252. The third-order valence-electron chi connectivity index (χ3n) is 10.3. The Morgan fingerprint density at radius 3 is 1.61 bits per heavy atom. The minimum atomic E-state index is -5.07. The Labute approximate surface area is 212 Å². The molecule has 0 spiro atoms. The van der Waals surface area contributed by atoms with E-state index in [2.05, 4.69) is 11.3 Å². The quantitative estimate of drug-likeness (QED) is 0.239. The molecule has 0 heterocycles. The SMILES string of the molecule is C=CCCC1CCC(C2CCC(C3CCC(C4CC(F)C(OC(F)(F)F)C(F)C4)C(F)C3)CC2)CC1. The maximum atomic E-state index is 15.3. The van der Waals surface area contributed by atoms with Gasteiger partial charge in [-0.05, 0) is 125 Å². The van der Waals surface area contributed by atoms with E-state index in [9.17, 15) is 22.0 Å². The van der Waals surface area contributed by atoms with Crippen molar-refractivity contribution in [3.8, 4) is 0 Å². The van der Waals surface area contributed by atoms with E-state index in [0.717, 1.165) is 43.4 Å². The largest absolute Gasteiger partial charge is 0.522 e. The number of halogens is 6. The van der Waals surface area contributed by atoms with Crippen LogP contribution in [0.25, 0.3) is 0 Å². The summed E-state index contributed by atoms with van der Waals surface area (Å²) in [7, 11) is 0. The Bertz CT molecular complexity index is 670. The topological polar surface area (TPSA) is 9.23 Å². The van der Waals surface area contributed by atoms with Crippen LogP contribution in [0, 0.1) is 41.4 Å². The number of allylic oxidation sites excluding steroid dienone is 1. The maximum absolute atomic E-state index is 15.3. The molecule has 0 aliphatic heterocycles. The molecule has 208 valence electrons. The van der Waals surface area contributed by atoms with Gasteiger partial charge >= 0.3 is 6.36 Å². The van der Waals surface area contributed by atoms with E-state index < -0.39 is 42.8 Å². The van der Waals surface area contributed by atoms with Gasteiger partial charge in [0.25, 0.3) is 0 Å². The zero-order valence-electron chi connectivity index (χ0n) is 21.4. The van der Waals surface area contributed by atoms with Crippen molar-refractivity contribution in [3.05, 3.63) is 12.7 Å². The van der Waals surface area contributed by atoms with Gasteiger partial charge < -0.3 is 0 Å². The number of ether oxygens (including phenoxy) is 1. The van der Waals surface area contributed by atoms with E-state index in [4.69, 9.17) is 0 Å². The van der Waals surface area contributed by atoms with Crippen LogP contribution >= 0.6 is 0 Å². The highest BCUT2D eigenvalue weighted by Gasteiger charge is 2.49. The first-order valence-electron chi connectivity index (χ1n) is 14.4. The van der Waals surface area contributed by atoms with Gasteiger partial charge in [-0.2, -0.15) is 0 Å². The van der Waals surface area contributed by atoms with Gasteiger partial charge in [-0.1, -0.05) is 18.9 Å². The van der Waals surface area contributed by atoms with Crippen LogP contribution in [0.1, 0.15) is 96.3 Å². The van der Waals surface area contributed by atoms with E-state index in [-0.39, 0.29) is 12.8 Å². The summed E-state index contributed by atoms with van der Waals surface area (Å²) in [5.41, 5.74) is 0. The van der Waals surface area contributed by atoms with Crippen LogP contribution in [0.3, 0.4) is 0 Å². The van der Waals surface area contributed by atoms with Crippen molar-refractivity contribution in [1.82, 2.24) is 0 Å². The number of hydrogen-bond donors (Lipinski definition) is 0. The van der Waals surface area contributed by atoms with Gasteiger partial charge in [0, 0.05) is 0 Å². The monoisotopic (exact) mass is 522 g/mol. The molecule has 5 unspecified atom stereocenters. The van der Waals surface area contributed by atoms with Gasteiger partial charge in [0.05, 0.1) is 0 Å². The lowest BCUT2D eigenvalue weighted by molar-refractivity contribution is -0.358. The Hall–Kier alpha value is -0.720. The molecule has 0 aromatic rings. The highest BCUT2D eigenvalue weighted by molar-refractivity contribution is 4.95. The Morgan fingerprint density at radius 1 is 0.639 bits per heavy atom. The van der Waals surface area contributed by atoms with Crippen LogP contribution in [0.2, 0.25) is 0 Å². The number of alkyl halides is 6. The molecule has 4 aliphatic carbocycles. The highest BCUT2D eigenvalue weighted by atomic mass is 19.4. The van der Waals surface area contributed by atoms with Crippen molar-refractivity contribution in [2.75, 3.05) is 0 Å². The van der Waals surface area contributed by atoms with Crippen molar-refractivity contribution in [3.63, 3.8) is 0 Å². The van der Waals surface area contributed by atoms with E-state index in [1.54, 1.807) is 0 Å². The van der Waals surface area contributed by atoms with Crippen LogP contribution in [0.15, 0.2) is 12.7 Å². The highest BCUT2D eigenvalue weighted by Crippen LogP contribution is 2.49. The molecule has 4 fully saturated rings. The first-order valence-corrected chi connectivity index (χ1v) is 14.4. The summed E-state index contributed by atoms with van der Waals surface area (Å²) in [5.74, 6) is 2.33. The van der Waals surface area contributed by atoms with Gasteiger partial charge in [0.1, 0.15) is 24.6 Å². The lowest BCUT2D eigenvalue weighted by atomic mass is 9.62. The molecule has 0 saturated heterocycles. The fraction of sp³-hybridized carbons (Fsp3) is 0.931. The lowest BCUT2D eigenvalue weighted by Crippen LogP contribution is -2.48. The Balaban J connectivity index is 1.20. The molecule has 5 atom stereocenters. The third-order valence-corrected chi connectivity index (χ3v) is 10.3. The van der Waals surface area contributed by atoms with Gasteiger partial charge in [-0.3, -0.25) is 4.74 Å². The summed E-state index contributed by atoms with van der Waals surface area (Å²) < 4.78 is 85.2. The average molecular weight is 523 g/mol. The summed E-state index contributed by atoms with van der Waals surface area (Å²) in [6, 6.07) is 0. The predicted molar refractivity (Wildman–Crippen MR) is 129 cm³/mol. The molecule has 4 saturated carbocycles. The van der Waals surface area contributed by atoms with Gasteiger partial charge in [-0.25, -0.2) is 13.2 Å². The zero-order valence-corrected chi connectivity index (χ0v) is 21.4. The Morgan fingerprint density at radius 2 is 1.11 bits per heavy atom. The van der Waals surface area contributed by atoms with E-state index in [0.29, 0.717) is 24.7 Å². The summed E-state index contributed by atoms with van der Waals surface area (Å²) >= 11 is 0. The molecule has 0 N–H and O–H groups in total. The third kappa shape index (κ3) is 7.22. The van der Waals surface area contributed by atoms with Crippen molar-refractivity contribution in [2.24, 2.45) is 41.4 Å². The van der Waals surface area contributed by atoms with Crippen LogP contribution in [0.5, 0.6) is 0 Å². The molecule has 0 bridgehead atoms. The maximum Gasteiger partial charge on any atom is 0.522 e. The molecular formula is C29H44F6O. The molecule has 0 aromatic carbocycles. The van der Waals surface area contributed by atoms with Crippen LogP contribution in [0.4, 0.5) is 26.3 Å². The normalized spacial score (nSPS) is 44.8. The second kappa shape index (κ2) is 12.4. The summed E-state index contributed by atoms with van der Waals surface area (Å²) in [4.78, 5) is 0. The van der Waals surface area contributed by atoms with E-state index in [1.165, 1.54) is 44.9 Å². The molecule has 0 aromatic heterocycles. The first kappa shape index (κ1) is 28.3. The Kier molecular flexibility index (Phi) is 9.76. The zero-order chi connectivity index (χ0) is 25.9. The summed E-state index contributed by atoms with van der Waals surface area (Å²) in [6.07, 6.45) is 3.49. The molecule has 4 aliphatic rings. The lowest BCUT2D eigenvalue weighted by Gasteiger charge is -2.45. The number of hydrogen-bond acceptors (Lipinski definition) is 1. The molecule has 0 amide bonds. The van der Waals surface area contributed by atoms with Crippen LogP contribution < -0.4 is 0 Å². The van der Waals surface area contributed by atoms with E-state index >= 15 is 4.39 Å². The van der Waals surface area contributed by atoms with E-state index in [1.807, 2.05) is 6.08 Å². The van der Waals surface area contributed by atoms with Gasteiger partial charge in [0.15, 0.2) is 0 Å². The summed E-state index contributed by atoms with van der Waals surface area (Å²) in [5, 5.41) is 0. The summed E-state index contributed by atoms with van der Waals surface area (Å²) in [6.45, 7) is 3.84. The van der Waals surface area contributed by atoms with Crippen molar-refractivity contribution < 1.29 is 31.1 Å². The van der Waals surface area contributed by atoms with Crippen molar-refractivity contribution >= 4 is 0 Å². The molecular weight excluding hydrogens is 478 g/mol. The second-order valence-corrected chi connectivity index (χ2v) is 12.4. The van der Waals surface area contributed by atoms with Gasteiger partial charge in [-0.15, -0.1) is 19.8 Å². The van der Waals surface area contributed by atoms with Crippen molar-refractivity contribution in [1.29, 1.82) is 0 Å². The fourth-order valence-electron chi connectivity index (χ4n) is 8.34. The average Bonchev–Trinajstić information content (AvgIpc) is 2.85. The van der Waals surface area contributed by atoms with Crippen LogP contribution in [-0.2, 0) is 4.74 Å². The minimum Gasteiger partial charge on any atom is -0.282 e. The predicted octanol–water partition coefficient (Wildman–Crippen LogP) is 9.31. The van der Waals surface area contributed by atoms with Crippen molar-refractivity contribution in [2.45, 2.75) is 127 Å². The molecule has 36 heavy (non-hydrogen) atoms. The standard InChI is InChI=1S/C29H44F6O/c1-2-3-4-18-5-7-19(8-6-18)20-9-11-21(12-10-20)22-13-14-24(25(30)15-22)23-16-26(31)28(27(32)17-23)36-29(33,34)35/h2,18-28H,1,3-17H2. The van der Waals surface area contributed by atoms with Crippen LogP contribution in [-0.4, -0.2) is 31.0 Å². The molecule has 4 rings (SSSR count). The van der Waals surface area contributed by atoms with Gasteiger partial charge in [0.2, 0.25) is 0 Å². The first-order chi connectivity index (χ1) is 17.1. The second-order valence-electron chi connectivity index (χ2n) is 12.4. The smallest absolute Gasteiger partial charge is 0.282 e. The molecule has 0 radical (unpaired) electrons. The molecule has 1 nitrogen and oxygen atoms in total. The number of rotatable bonds is 7.